The molecule has 0 spiro atoms. The van der Waals surface area contributed by atoms with Crippen molar-refractivity contribution < 1.29 is 14.9 Å². The smallest absolute Gasteiger partial charge is 0.184 e. The lowest BCUT2D eigenvalue weighted by atomic mass is 10.1. The zero-order valence-electron chi connectivity index (χ0n) is 16.9. The number of hydrogen-bond donors (Lipinski definition) is 2. The van der Waals surface area contributed by atoms with Crippen LogP contribution in [0, 0.1) is 0 Å². The quantitative estimate of drug-likeness (QED) is 0.275. The molecule has 0 saturated carbocycles. The Balaban J connectivity index is 1.87. The average Bonchev–Trinajstić information content (AvgIpc) is 3.09. The number of allylic oxidation sites excluding steroid dienone is 2. The minimum atomic E-state index is -0.794. The van der Waals surface area contributed by atoms with Gasteiger partial charge in [-0.05, 0) is 32.1 Å². The van der Waals surface area contributed by atoms with Crippen LogP contribution in [-0.4, -0.2) is 41.5 Å². The molecule has 152 valence electrons. The number of ether oxygens (including phenoxy) is 1. The summed E-state index contributed by atoms with van der Waals surface area (Å²) in [7, 11) is 0. The highest BCUT2D eigenvalue weighted by atomic mass is 16.5. The molecule has 4 heteroatoms. The van der Waals surface area contributed by atoms with Crippen molar-refractivity contribution in [2.75, 3.05) is 19.8 Å². The van der Waals surface area contributed by atoms with E-state index in [2.05, 4.69) is 24.1 Å². The van der Waals surface area contributed by atoms with Crippen LogP contribution in [0.15, 0.2) is 17.1 Å². The molecule has 0 aromatic rings. The molecule has 1 aliphatic heterocycles. The highest BCUT2D eigenvalue weighted by Gasteiger charge is 2.35. The molecule has 0 amide bonds. The van der Waals surface area contributed by atoms with E-state index in [0.717, 1.165) is 12.8 Å². The number of aliphatic hydroxyl groups is 2. The molecule has 0 radical (unpaired) electrons. The van der Waals surface area contributed by atoms with Gasteiger partial charge < -0.3 is 14.9 Å². The zero-order valence-corrected chi connectivity index (χ0v) is 16.9. The van der Waals surface area contributed by atoms with Gasteiger partial charge in [0.05, 0.1) is 13.2 Å². The number of aliphatic hydroxyl groups excluding tert-OH is 2. The normalized spacial score (nSPS) is 16.2. The van der Waals surface area contributed by atoms with Crippen LogP contribution >= 0.6 is 0 Å². The van der Waals surface area contributed by atoms with Crippen molar-refractivity contribution in [2.24, 2.45) is 4.99 Å². The third-order valence-electron chi connectivity index (χ3n) is 5.11. The summed E-state index contributed by atoms with van der Waals surface area (Å²) in [5.74, 6) is 0.700. The van der Waals surface area contributed by atoms with Crippen LogP contribution in [0.4, 0.5) is 0 Å². The first-order valence-corrected chi connectivity index (χ1v) is 10.8. The van der Waals surface area contributed by atoms with Crippen LogP contribution < -0.4 is 0 Å². The van der Waals surface area contributed by atoms with Crippen molar-refractivity contribution in [3.63, 3.8) is 0 Å². The Kier molecular flexibility index (Phi) is 13.6. The van der Waals surface area contributed by atoms with E-state index in [1.54, 1.807) is 0 Å². The maximum Gasteiger partial charge on any atom is 0.184 e. The fourth-order valence-electron chi connectivity index (χ4n) is 3.23. The topological polar surface area (TPSA) is 62.1 Å². The van der Waals surface area contributed by atoms with Crippen molar-refractivity contribution in [3.8, 4) is 0 Å². The second-order valence-corrected chi connectivity index (χ2v) is 7.67. The lowest BCUT2D eigenvalue weighted by Crippen LogP contribution is -2.37. The molecule has 0 unspecified atom stereocenters. The number of hydrogen-bond acceptors (Lipinski definition) is 4. The van der Waals surface area contributed by atoms with E-state index in [1.807, 2.05) is 0 Å². The fraction of sp³-hybridized carbons (Fsp3) is 0.864. The second-order valence-electron chi connectivity index (χ2n) is 7.67. The van der Waals surface area contributed by atoms with Crippen LogP contribution in [0.25, 0.3) is 0 Å². The predicted octanol–water partition coefficient (Wildman–Crippen LogP) is 5.18. The van der Waals surface area contributed by atoms with Crippen molar-refractivity contribution in [2.45, 2.75) is 102 Å². The minimum Gasteiger partial charge on any atom is -0.478 e. The third kappa shape index (κ3) is 10.3. The third-order valence-corrected chi connectivity index (χ3v) is 5.11. The first-order chi connectivity index (χ1) is 12.8. The molecule has 0 bridgehead atoms. The summed E-state index contributed by atoms with van der Waals surface area (Å²) in [4.78, 5) is 4.35. The molecule has 0 aliphatic carbocycles. The largest absolute Gasteiger partial charge is 0.478 e. The molecule has 0 saturated heterocycles. The van der Waals surface area contributed by atoms with E-state index in [-0.39, 0.29) is 13.2 Å². The van der Waals surface area contributed by atoms with Crippen LogP contribution in [0.3, 0.4) is 0 Å². The van der Waals surface area contributed by atoms with Crippen molar-refractivity contribution in [1.82, 2.24) is 0 Å². The van der Waals surface area contributed by atoms with E-state index in [9.17, 15) is 10.2 Å². The summed E-state index contributed by atoms with van der Waals surface area (Å²) in [5, 5.41) is 18.6. The first-order valence-electron chi connectivity index (χ1n) is 10.8. The number of aliphatic imine (C=N–C) groups is 1. The van der Waals surface area contributed by atoms with Gasteiger partial charge in [0.25, 0.3) is 0 Å². The Labute approximate surface area is 160 Å². The van der Waals surface area contributed by atoms with Gasteiger partial charge in [0, 0.05) is 6.42 Å². The SMILES string of the molecule is CCCCCCCC/C=C\CCCCCCCC1=NC(CO)(CO)CO1. The summed E-state index contributed by atoms with van der Waals surface area (Å²) in [6, 6.07) is 0. The zero-order chi connectivity index (χ0) is 18.9. The molecule has 0 atom stereocenters. The van der Waals surface area contributed by atoms with Gasteiger partial charge in [0.2, 0.25) is 0 Å². The Morgan fingerprint density at radius 1 is 0.846 bits per heavy atom. The highest BCUT2D eigenvalue weighted by molar-refractivity contribution is 5.78. The van der Waals surface area contributed by atoms with Gasteiger partial charge in [-0.25, -0.2) is 4.99 Å². The van der Waals surface area contributed by atoms with E-state index in [0.29, 0.717) is 12.5 Å². The van der Waals surface area contributed by atoms with Crippen LogP contribution in [-0.2, 0) is 4.74 Å². The molecular formula is C22H41NO3. The van der Waals surface area contributed by atoms with Crippen molar-refractivity contribution in [1.29, 1.82) is 0 Å². The summed E-state index contributed by atoms with van der Waals surface area (Å²) >= 11 is 0. The van der Waals surface area contributed by atoms with E-state index in [1.165, 1.54) is 77.0 Å². The highest BCUT2D eigenvalue weighted by Crippen LogP contribution is 2.20. The summed E-state index contributed by atoms with van der Waals surface area (Å²) in [5.41, 5.74) is -0.794. The number of unbranched alkanes of at least 4 members (excludes halogenated alkanes) is 11. The average molecular weight is 368 g/mol. The Hall–Kier alpha value is -0.870. The summed E-state index contributed by atoms with van der Waals surface area (Å²) < 4.78 is 5.49. The Morgan fingerprint density at radius 2 is 1.38 bits per heavy atom. The number of rotatable bonds is 17. The first kappa shape index (κ1) is 23.2. The standard InChI is InChI=1S/C22H41NO3/c1-2-3-4-5-6-7-8-9-10-11-12-13-14-15-16-17-21-23-22(18-24,19-25)20-26-21/h9-10,24-25H,2-8,11-20H2,1H3/b10-9-. The van der Waals surface area contributed by atoms with Gasteiger partial charge in [0.15, 0.2) is 5.90 Å². The fourth-order valence-corrected chi connectivity index (χ4v) is 3.23. The monoisotopic (exact) mass is 367 g/mol. The van der Waals surface area contributed by atoms with Crippen LogP contribution in [0.2, 0.25) is 0 Å². The van der Waals surface area contributed by atoms with Crippen LogP contribution in [0.1, 0.15) is 96.8 Å². The van der Waals surface area contributed by atoms with Gasteiger partial charge in [0.1, 0.15) is 12.1 Å². The lowest BCUT2D eigenvalue weighted by molar-refractivity contribution is 0.0972. The second kappa shape index (κ2) is 15.2. The molecule has 0 aromatic heterocycles. The molecule has 26 heavy (non-hydrogen) atoms. The number of nitrogens with zero attached hydrogens (tertiary/aromatic N) is 1. The Bertz CT molecular complexity index is 389. The molecule has 4 nitrogen and oxygen atoms in total. The maximum atomic E-state index is 9.29. The molecule has 2 N–H and O–H groups in total. The van der Waals surface area contributed by atoms with Gasteiger partial charge in [-0.3, -0.25) is 0 Å². The lowest BCUT2D eigenvalue weighted by Gasteiger charge is -2.16. The maximum absolute atomic E-state index is 9.29. The molecule has 1 rings (SSSR count). The Morgan fingerprint density at radius 3 is 1.92 bits per heavy atom. The van der Waals surface area contributed by atoms with E-state index in [4.69, 9.17) is 4.74 Å². The van der Waals surface area contributed by atoms with Crippen LogP contribution in [0.5, 0.6) is 0 Å². The molecule has 0 aromatic carbocycles. The van der Waals surface area contributed by atoms with Crippen molar-refractivity contribution in [3.05, 3.63) is 12.2 Å². The molecule has 0 fully saturated rings. The van der Waals surface area contributed by atoms with Gasteiger partial charge in [-0.1, -0.05) is 70.4 Å². The summed E-state index contributed by atoms with van der Waals surface area (Å²) in [6.07, 6.45) is 22.3. The predicted molar refractivity (Wildman–Crippen MR) is 110 cm³/mol. The van der Waals surface area contributed by atoms with Gasteiger partial charge >= 0.3 is 0 Å². The summed E-state index contributed by atoms with van der Waals surface area (Å²) in [6.45, 7) is 2.26. The van der Waals surface area contributed by atoms with E-state index >= 15 is 0 Å². The molecular weight excluding hydrogens is 326 g/mol. The molecule has 1 aliphatic rings. The van der Waals surface area contributed by atoms with Gasteiger partial charge in [-0.15, -0.1) is 0 Å². The van der Waals surface area contributed by atoms with Gasteiger partial charge in [-0.2, -0.15) is 0 Å². The van der Waals surface area contributed by atoms with Crippen molar-refractivity contribution >= 4 is 5.90 Å². The molecule has 1 heterocycles. The minimum absolute atomic E-state index is 0.153. The van der Waals surface area contributed by atoms with E-state index < -0.39 is 5.54 Å².